The highest BCUT2D eigenvalue weighted by Crippen LogP contribution is 2.34. The second-order valence-corrected chi connectivity index (χ2v) is 16.4. The summed E-state index contributed by atoms with van der Waals surface area (Å²) >= 11 is 0. The van der Waals surface area contributed by atoms with E-state index in [0.717, 1.165) is 58.2 Å². The van der Waals surface area contributed by atoms with Crippen molar-refractivity contribution in [1.82, 2.24) is 30.6 Å². The van der Waals surface area contributed by atoms with E-state index in [-0.39, 0.29) is 35.6 Å². The molecule has 19 heteroatoms. The molecule has 8 rings (SSSR count). The number of nitrogens with zero attached hydrogens (tertiary/aromatic N) is 5. The first-order valence-corrected chi connectivity index (χ1v) is 21.8. The summed E-state index contributed by atoms with van der Waals surface area (Å²) in [5.74, 6) is -2.33. The van der Waals surface area contributed by atoms with Crippen LogP contribution in [0.15, 0.2) is 91.1 Å². The molecular weight excluding hydrogens is 856 g/mol. The van der Waals surface area contributed by atoms with Gasteiger partial charge in [0.15, 0.2) is 11.6 Å². The summed E-state index contributed by atoms with van der Waals surface area (Å²) in [6.45, 7) is 5.28. The first-order valence-electron chi connectivity index (χ1n) is 21.8. The van der Waals surface area contributed by atoms with Crippen LogP contribution in [0.3, 0.4) is 0 Å². The summed E-state index contributed by atoms with van der Waals surface area (Å²) in [4.78, 5) is 62.1. The molecule has 0 bridgehead atoms. The van der Waals surface area contributed by atoms with Crippen molar-refractivity contribution in [3.05, 3.63) is 120 Å². The van der Waals surface area contributed by atoms with Gasteiger partial charge in [-0.1, -0.05) is 12.1 Å². The normalized spacial score (nSPS) is 17.2. The van der Waals surface area contributed by atoms with Crippen molar-refractivity contribution in [2.24, 2.45) is 5.92 Å². The van der Waals surface area contributed by atoms with Gasteiger partial charge in [0.25, 0.3) is 11.8 Å². The van der Waals surface area contributed by atoms with Gasteiger partial charge in [0, 0.05) is 80.4 Å². The molecule has 3 aliphatic rings. The minimum absolute atomic E-state index is 0.0837. The largest absolute Gasteiger partial charge is 0.495 e. The number of hydrogen-bond donors (Lipinski definition) is 6. The zero-order chi connectivity index (χ0) is 46.2. The van der Waals surface area contributed by atoms with Crippen LogP contribution in [0.2, 0.25) is 0 Å². The highest BCUT2D eigenvalue weighted by Gasteiger charge is 2.29. The SMILES string of the molecule is COc1cc(N2CCN(CCC3CCN(NC(=O)c4ccc(Nc5ncc(F)c(Nc6ccc(NC(=O)c7ccccc7F)cc6)n5)cc4)CC3)CC2)c(F)cc1NC1CCC(=O)NC1=O. The molecule has 3 aliphatic heterocycles. The van der Waals surface area contributed by atoms with Gasteiger partial charge in [-0.2, -0.15) is 4.98 Å². The summed E-state index contributed by atoms with van der Waals surface area (Å²) in [5, 5.41) is 15.9. The quantitative estimate of drug-likeness (QED) is 0.0633. The second kappa shape index (κ2) is 20.7. The number of halogens is 3. The van der Waals surface area contributed by atoms with Crippen LogP contribution in [-0.4, -0.2) is 102 Å². The molecule has 0 spiro atoms. The van der Waals surface area contributed by atoms with Crippen molar-refractivity contribution >= 4 is 63.8 Å². The van der Waals surface area contributed by atoms with Gasteiger partial charge in [-0.25, -0.2) is 23.2 Å². The van der Waals surface area contributed by atoms with E-state index in [1.807, 2.05) is 9.91 Å². The number of imide groups is 1. The van der Waals surface area contributed by atoms with Gasteiger partial charge in [-0.15, -0.1) is 0 Å². The summed E-state index contributed by atoms with van der Waals surface area (Å²) in [6, 6.07) is 21.2. The van der Waals surface area contributed by atoms with Gasteiger partial charge in [-0.05, 0) is 98.8 Å². The zero-order valence-corrected chi connectivity index (χ0v) is 36.2. The Balaban J connectivity index is 0.745. The summed E-state index contributed by atoms with van der Waals surface area (Å²) in [7, 11) is 1.50. The number of piperazine rings is 1. The maximum atomic E-state index is 15.4. The average molecular weight is 906 g/mol. The number of aromatic nitrogens is 2. The van der Waals surface area contributed by atoms with Crippen LogP contribution in [0, 0.1) is 23.4 Å². The molecule has 344 valence electrons. The molecule has 0 aliphatic carbocycles. The van der Waals surface area contributed by atoms with Crippen molar-refractivity contribution < 1.29 is 37.1 Å². The Morgan fingerprint density at radius 3 is 2.20 bits per heavy atom. The summed E-state index contributed by atoms with van der Waals surface area (Å²) in [5.41, 5.74) is 5.71. The fraction of sp³-hybridized carbons (Fsp3) is 0.319. The molecule has 1 atom stereocenters. The number of nitrogens with one attached hydrogen (secondary N) is 6. The monoisotopic (exact) mass is 905 g/mol. The van der Waals surface area contributed by atoms with E-state index in [2.05, 4.69) is 46.9 Å². The van der Waals surface area contributed by atoms with E-state index >= 15 is 4.39 Å². The van der Waals surface area contributed by atoms with Crippen LogP contribution in [-0.2, 0) is 9.59 Å². The van der Waals surface area contributed by atoms with E-state index < -0.39 is 35.3 Å². The molecule has 0 saturated carbocycles. The Morgan fingerprint density at radius 1 is 0.788 bits per heavy atom. The number of anilines is 7. The summed E-state index contributed by atoms with van der Waals surface area (Å²) in [6.07, 6.45) is 4.49. The lowest BCUT2D eigenvalue weighted by Crippen LogP contribution is -2.48. The van der Waals surface area contributed by atoms with E-state index in [1.54, 1.807) is 60.7 Å². The van der Waals surface area contributed by atoms with Crippen molar-refractivity contribution in [2.45, 2.75) is 38.1 Å². The van der Waals surface area contributed by atoms with Crippen LogP contribution in [0.25, 0.3) is 0 Å². The van der Waals surface area contributed by atoms with E-state index in [1.165, 1.54) is 31.4 Å². The molecule has 5 aromatic rings. The maximum absolute atomic E-state index is 15.4. The van der Waals surface area contributed by atoms with E-state index in [0.29, 0.717) is 65.2 Å². The molecule has 16 nitrogen and oxygen atoms in total. The molecule has 6 N–H and O–H groups in total. The number of amides is 4. The molecule has 66 heavy (non-hydrogen) atoms. The molecule has 1 aromatic heterocycles. The standard InChI is InChI=1S/C47H50F3N11O5/c1-66-41-27-40(36(49)26-39(41)55-38-14-15-42(62)56-46(38)65)60-24-22-59(23-25-60)19-16-29-17-20-61(21-18-29)58-44(63)30-6-8-33(9-7-30)54-47-51-28-37(50)43(57-47)52-31-10-12-32(13-11-31)53-45(64)34-4-2-3-5-35(34)48/h2-13,26-29,38,55H,14-25H2,1H3,(H,53,64)(H,58,63)(H,56,62,65)(H2,51,52,54,57). The smallest absolute Gasteiger partial charge is 0.265 e. The zero-order valence-electron chi connectivity index (χ0n) is 36.2. The van der Waals surface area contributed by atoms with Crippen LogP contribution < -0.4 is 41.6 Å². The van der Waals surface area contributed by atoms with Crippen molar-refractivity contribution in [3.8, 4) is 5.75 Å². The number of benzene rings is 4. The maximum Gasteiger partial charge on any atom is 0.265 e. The number of rotatable bonds is 15. The molecule has 0 radical (unpaired) electrons. The number of methoxy groups -OCH3 is 1. The van der Waals surface area contributed by atoms with Gasteiger partial charge in [0.2, 0.25) is 17.8 Å². The Morgan fingerprint density at radius 2 is 1.48 bits per heavy atom. The lowest BCUT2D eigenvalue weighted by molar-refractivity contribution is -0.133. The van der Waals surface area contributed by atoms with Gasteiger partial charge in [0.1, 0.15) is 23.4 Å². The minimum atomic E-state index is -0.687. The fourth-order valence-electron chi connectivity index (χ4n) is 8.17. The number of hydrogen-bond acceptors (Lipinski definition) is 13. The van der Waals surface area contributed by atoms with Crippen LogP contribution in [0.4, 0.5) is 53.4 Å². The number of hydrazine groups is 1. The Kier molecular flexibility index (Phi) is 14.2. The third kappa shape index (κ3) is 11.3. The third-order valence-corrected chi connectivity index (χ3v) is 11.9. The minimum Gasteiger partial charge on any atom is -0.495 e. The average Bonchev–Trinajstić information content (AvgIpc) is 3.32. The predicted molar refractivity (Wildman–Crippen MR) is 244 cm³/mol. The Bertz CT molecular complexity index is 2550. The second-order valence-electron chi connectivity index (χ2n) is 16.4. The number of piperidine rings is 2. The number of carbonyl (C=O) groups is 4. The predicted octanol–water partition coefficient (Wildman–Crippen LogP) is 6.43. The van der Waals surface area contributed by atoms with Crippen molar-refractivity contribution in [3.63, 3.8) is 0 Å². The molecule has 3 saturated heterocycles. The van der Waals surface area contributed by atoms with Crippen LogP contribution in [0.1, 0.15) is 52.8 Å². The first kappa shape index (κ1) is 45.3. The molecule has 4 aromatic carbocycles. The van der Waals surface area contributed by atoms with E-state index in [9.17, 15) is 28.0 Å². The molecule has 4 heterocycles. The van der Waals surface area contributed by atoms with Gasteiger partial charge in [-0.3, -0.25) is 34.8 Å². The van der Waals surface area contributed by atoms with Crippen LogP contribution >= 0.6 is 0 Å². The topological polar surface area (TPSA) is 185 Å². The highest BCUT2D eigenvalue weighted by atomic mass is 19.1. The van der Waals surface area contributed by atoms with Crippen molar-refractivity contribution in [1.29, 1.82) is 0 Å². The fourth-order valence-corrected chi connectivity index (χ4v) is 8.17. The Hall–Kier alpha value is -7.25. The Labute approximate surface area is 379 Å². The highest BCUT2D eigenvalue weighted by molar-refractivity contribution is 6.04. The third-order valence-electron chi connectivity index (χ3n) is 11.9. The van der Waals surface area contributed by atoms with Crippen LogP contribution in [0.5, 0.6) is 5.75 Å². The molecule has 3 fully saturated rings. The number of ether oxygens (including phenoxy) is 1. The first-order chi connectivity index (χ1) is 32.0. The summed E-state index contributed by atoms with van der Waals surface area (Å²) < 4.78 is 49.7. The van der Waals surface area contributed by atoms with Gasteiger partial charge >= 0.3 is 0 Å². The number of carbonyl (C=O) groups excluding carboxylic acids is 4. The molecular formula is C47H50F3N11O5. The van der Waals surface area contributed by atoms with Crippen molar-refractivity contribution in [2.75, 3.05) is 79.1 Å². The molecule has 1 unspecified atom stereocenters. The van der Waals surface area contributed by atoms with E-state index in [4.69, 9.17) is 4.74 Å². The molecule has 4 amide bonds. The lowest BCUT2D eigenvalue weighted by atomic mass is 9.94. The van der Waals surface area contributed by atoms with Gasteiger partial charge in [0.05, 0.1) is 30.2 Å². The lowest BCUT2D eigenvalue weighted by Gasteiger charge is -2.38. The van der Waals surface area contributed by atoms with Gasteiger partial charge < -0.3 is 30.9 Å².